The number of Topliss-reactive ketones (excluding diaryl/α,β-unsaturated/α-hetero) is 1. The summed E-state index contributed by atoms with van der Waals surface area (Å²) < 4.78 is 42.4. The van der Waals surface area contributed by atoms with Gasteiger partial charge in [-0.15, -0.1) is 0 Å². The monoisotopic (exact) mass is 534 g/mol. The number of aromatic nitrogens is 4. The van der Waals surface area contributed by atoms with E-state index >= 15 is 0 Å². The first-order chi connectivity index (χ1) is 18.8. The van der Waals surface area contributed by atoms with Crippen LogP contribution >= 0.6 is 0 Å². The summed E-state index contributed by atoms with van der Waals surface area (Å²) in [5.74, 6) is -4.96. The lowest BCUT2D eigenvalue weighted by molar-refractivity contribution is -0.127. The lowest BCUT2D eigenvalue weighted by Crippen LogP contribution is -2.40. The van der Waals surface area contributed by atoms with Crippen molar-refractivity contribution in [3.63, 3.8) is 0 Å². The molecule has 2 aromatic heterocycles. The maximum atomic E-state index is 14.0. The number of ketones is 1. The number of hydrogen-bond donors (Lipinski definition) is 1. The first-order valence-corrected chi connectivity index (χ1v) is 12.4. The van der Waals surface area contributed by atoms with E-state index in [1.807, 2.05) is 12.1 Å². The van der Waals surface area contributed by atoms with Gasteiger partial charge in [-0.05, 0) is 43.0 Å². The van der Waals surface area contributed by atoms with E-state index in [-0.39, 0.29) is 30.6 Å². The standard InChI is InChI=1S/C28H25F3N6O2/c1-2-22(39)36-13-3-4-18(14-36)37-28-23(27(32)33-15-34-28)26(35-37)17-8-5-16(6-9-17)7-12-21(38)19-10-11-20(29)25(31)24(19)30/h2,5-6,8-11,15,18H,1,3-4,7,12-14H2,(H2,32,33,34)/t18-/m1/s1. The molecule has 2 N–H and O–H groups in total. The Morgan fingerprint density at radius 1 is 1.08 bits per heavy atom. The number of nitrogens with two attached hydrogens (primary N) is 1. The van der Waals surface area contributed by atoms with Crippen molar-refractivity contribution >= 4 is 28.5 Å². The van der Waals surface area contributed by atoms with Crippen molar-refractivity contribution in [1.82, 2.24) is 24.6 Å². The average molecular weight is 535 g/mol. The molecule has 1 aliphatic heterocycles. The van der Waals surface area contributed by atoms with E-state index in [0.29, 0.717) is 29.8 Å². The molecular formula is C28H25F3N6O2. The third-order valence-electron chi connectivity index (χ3n) is 6.95. The van der Waals surface area contributed by atoms with Crippen molar-refractivity contribution < 1.29 is 22.8 Å². The largest absolute Gasteiger partial charge is 0.383 e. The molecule has 0 saturated carbocycles. The van der Waals surface area contributed by atoms with Crippen LogP contribution in [0.2, 0.25) is 0 Å². The summed E-state index contributed by atoms with van der Waals surface area (Å²) in [5.41, 5.74) is 8.44. The highest BCUT2D eigenvalue weighted by Crippen LogP contribution is 2.34. The molecule has 0 radical (unpaired) electrons. The topological polar surface area (TPSA) is 107 Å². The van der Waals surface area contributed by atoms with Crippen molar-refractivity contribution in [2.45, 2.75) is 31.7 Å². The lowest BCUT2D eigenvalue weighted by atomic mass is 10.0. The van der Waals surface area contributed by atoms with Gasteiger partial charge in [-0.25, -0.2) is 27.8 Å². The third kappa shape index (κ3) is 4.99. The van der Waals surface area contributed by atoms with E-state index in [1.165, 1.54) is 12.4 Å². The van der Waals surface area contributed by atoms with Crippen molar-refractivity contribution in [2.24, 2.45) is 0 Å². The van der Waals surface area contributed by atoms with E-state index in [0.717, 1.165) is 36.1 Å². The maximum absolute atomic E-state index is 14.0. The number of anilines is 1. The van der Waals surface area contributed by atoms with Gasteiger partial charge in [0.2, 0.25) is 5.91 Å². The molecule has 1 atom stereocenters. The van der Waals surface area contributed by atoms with Crippen molar-refractivity contribution in [3.8, 4) is 11.3 Å². The van der Waals surface area contributed by atoms with E-state index < -0.39 is 28.8 Å². The summed E-state index contributed by atoms with van der Waals surface area (Å²) >= 11 is 0. The summed E-state index contributed by atoms with van der Waals surface area (Å²) in [4.78, 5) is 34.9. The molecule has 1 aliphatic rings. The minimum absolute atomic E-state index is 0.0821. The van der Waals surface area contributed by atoms with Crippen LogP contribution in [-0.2, 0) is 11.2 Å². The Hall–Kier alpha value is -4.54. The van der Waals surface area contributed by atoms with Crippen molar-refractivity contribution in [3.05, 3.63) is 84.0 Å². The molecule has 39 heavy (non-hydrogen) atoms. The molecule has 8 nitrogen and oxygen atoms in total. The fraction of sp³-hybridized carbons (Fsp3) is 0.250. The molecular weight excluding hydrogens is 509 g/mol. The molecule has 0 aliphatic carbocycles. The number of halogens is 3. The minimum atomic E-state index is -1.66. The number of hydrogen-bond acceptors (Lipinski definition) is 6. The Balaban J connectivity index is 1.38. The molecule has 4 aromatic rings. The number of carbonyl (C=O) groups is 2. The molecule has 5 rings (SSSR count). The van der Waals surface area contributed by atoms with Crippen LogP contribution in [0.5, 0.6) is 0 Å². The normalized spacial score (nSPS) is 15.5. The quantitative estimate of drug-likeness (QED) is 0.210. The summed E-state index contributed by atoms with van der Waals surface area (Å²) in [6.45, 7) is 4.70. The first kappa shape index (κ1) is 26.1. The first-order valence-electron chi connectivity index (χ1n) is 12.4. The summed E-state index contributed by atoms with van der Waals surface area (Å²) in [5, 5.41) is 5.44. The number of carbonyl (C=O) groups excluding carboxylic acids is 2. The van der Waals surface area contributed by atoms with Crippen LogP contribution in [0.1, 0.15) is 41.2 Å². The van der Waals surface area contributed by atoms with Crippen LogP contribution in [-0.4, -0.2) is 49.4 Å². The number of rotatable bonds is 7. The number of nitrogens with zero attached hydrogens (tertiary/aromatic N) is 5. The van der Waals surface area contributed by atoms with Crippen LogP contribution in [0.15, 0.2) is 55.4 Å². The molecule has 1 amide bonds. The smallest absolute Gasteiger partial charge is 0.246 e. The summed E-state index contributed by atoms with van der Waals surface area (Å²) in [6.07, 6.45) is 4.49. The second-order valence-corrected chi connectivity index (χ2v) is 9.38. The second kappa shape index (κ2) is 10.7. The second-order valence-electron chi connectivity index (χ2n) is 9.38. The molecule has 1 saturated heterocycles. The maximum Gasteiger partial charge on any atom is 0.246 e. The number of amides is 1. The number of benzene rings is 2. The van der Waals surface area contributed by atoms with Crippen LogP contribution < -0.4 is 5.73 Å². The molecule has 1 fully saturated rings. The molecule has 0 bridgehead atoms. The van der Waals surface area contributed by atoms with Crippen LogP contribution in [0.3, 0.4) is 0 Å². The van der Waals surface area contributed by atoms with E-state index in [4.69, 9.17) is 10.8 Å². The van der Waals surface area contributed by atoms with Crippen LogP contribution in [0.25, 0.3) is 22.3 Å². The number of aryl methyl sites for hydroxylation is 1. The number of piperidine rings is 1. The third-order valence-corrected chi connectivity index (χ3v) is 6.95. The van der Waals surface area contributed by atoms with Crippen molar-refractivity contribution in [1.29, 1.82) is 0 Å². The van der Waals surface area contributed by atoms with E-state index in [9.17, 15) is 22.8 Å². The van der Waals surface area contributed by atoms with Gasteiger partial charge in [0.1, 0.15) is 17.8 Å². The predicted molar refractivity (Wildman–Crippen MR) is 139 cm³/mol. The van der Waals surface area contributed by atoms with Gasteiger partial charge in [-0.2, -0.15) is 5.10 Å². The fourth-order valence-corrected chi connectivity index (χ4v) is 4.90. The molecule has 200 valence electrons. The van der Waals surface area contributed by atoms with Crippen LogP contribution in [0.4, 0.5) is 19.0 Å². The average Bonchev–Trinajstić information content (AvgIpc) is 3.35. The highest BCUT2D eigenvalue weighted by molar-refractivity contribution is 5.98. The minimum Gasteiger partial charge on any atom is -0.383 e. The summed E-state index contributed by atoms with van der Waals surface area (Å²) in [7, 11) is 0. The van der Waals surface area contributed by atoms with Gasteiger partial charge in [-0.1, -0.05) is 30.8 Å². The zero-order valence-corrected chi connectivity index (χ0v) is 20.9. The molecule has 0 spiro atoms. The van der Waals surface area contributed by atoms with Gasteiger partial charge >= 0.3 is 0 Å². The van der Waals surface area contributed by atoms with Crippen LogP contribution in [0, 0.1) is 17.5 Å². The molecule has 2 aromatic carbocycles. The van der Waals surface area contributed by atoms with Gasteiger partial charge in [0.05, 0.1) is 17.0 Å². The molecule has 0 unspecified atom stereocenters. The van der Waals surface area contributed by atoms with Gasteiger partial charge in [0.15, 0.2) is 28.9 Å². The Kier molecular flexibility index (Phi) is 7.14. The lowest BCUT2D eigenvalue weighted by Gasteiger charge is -2.32. The Morgan fingerprint density at radius 2 is 1.85 bits per heavy atom. The van der Waals surface area contributed by atoms with Crippen molar-refractivity contribution in [2.75, 3.05) is 18.8 Å². The van der Waals surface area contributed by atoms with E-state index in [2.05, 4.69) is 16.5 Å². The Bertz CT molecular complexity index is 1580. The summed E-state index contributed by atoms with van der Waals surface area (Å²) in [6, 6.07) is 8.85. The van der Waals surface area contributed by atoms with E-state index in [1.54, 1.807) is 21.7 Å². The number of fused-ring (bicyclic) bond motifs is 1. The SMILES string of the molecule is C=CC(=O)N1CCC[C@@H](n2nc(-c3ccc(CCC(=O)c4ccc(F)c(F)c4F)cc3)c3c(N)ncnc32)C1. The predicted octanol–water partition coefficient (Wildman–Crippen LogP) is 4.66. The van der Waals surface area contributed by atoms with Gasteiger partial charge in [-0.3, -0.25) is 9.59 Å². The van der Waals surface area contributed by atoms with Gasteiger partial charge in [0, 0.05) is 25.1 Å². The molecule has 3 heterocycles. The highest BCUT2D eigenvalue weighted by Gasteiger charge is 2.28. The molecule has 11 heteroatoms. The zero-order chi connectivity index (χ0) is 27.7. The fourth-order valence-electron chi connectivity index (χ4n) is 4.90. The Morgan fingerprint density at radius 3 is 2.59 bits per heavy atom. The van der Waals surface area contributed by atoms with Gasteiger partial charge < -0.3 is 10.6 Å². The Labute approximate surface area is 222 Å². The highest BCUT2D eigenvalue weighted by atomic mass is 19.2. The van der Waals surface area contributed by atoms with Gasteiger partial charge in [0.25, 0.3) is 0 Å². The zero-order valence-electron chi connectivity index (χ0n) is 20.9. The number of nitrogen functional groups attached to an aromatic ring is 1. The number of likely N-dealkylation sites (tertiary alicyclic amines) is 1.